The molecule has 0 unspecified atom stereocenters. The van der Waals surface area contributed by atoms with Crippen molar-refractivity contribution < 1.29 is 29.4 Å². The van der Waals surface area contributed by atoms with E-state index in [9.17, 15) is 19.2 Å². The number of aliphatic carboxylic acids is 2. The number of carboxylic acid groups (broad SMARTS) is 2. The summed E-state index contributed by atoms with van der Waals surface area (Å²) in [6.45, 7) is 0. The zero-order valence-corrected chi connectivity index (χ0v) is 7.60. The fourth-order valence-corrected chi connectivity index (χ4v) is 0.764. The standard InChI is InChI=1S/C7H10N2O6/c8-4(10)2-1-3(6(12)13)9-5(11)7(14)15/h3H,1-2H2,(H2,8,10)(H,9,11)(H,12,13)(H,14,15)/t3-/m0/s1. The van der Waals surface area contributed by atoms with Crippen molar-refractivity contribution in [3.8, 4) is 0 Å². The van der Waals surface area contributed by atoms with Gasteiger partial charge in [0.2, 0.25) is 5.91 Å². The highest BCUT2D eigenvalue weighted by Gasteiger charge is 2.23. The Hall–Kier alpha value is -2.12. The van der Waals surface area contributed by atoms with Crippen LogP contribution in [0, 0.1) is 0 Å². The molecule has 2 amide bonds. The number of nitrogens with one attached hydrogen (secondary N) is 1. The molecular formula is C7H10N2O6. The van der Waals surface area contributed by atoms with Gasteiger partial charge in [0.1, 0.15) is 6.04 Å². The van der Waals surface area contributed by atoms with Gasteiger partial charge in [-0.05, 0) is 6.42 Å². The normalized spacial score (nSPS) is 11.5. The zero-order valence-electron chi connectivity index (χ0n) is 7.60. The van der Waals surface area contributed by atoms with E-state index in [-0.39, 0.29) is 12.8 Å². The Labute approximate surface area is 84.1 Å². The third kappa shape index (κ3) is 5.24. The molecule has 0 heterocycles. The Kier molecular flexibility index (Phi) is 4.79. The third-order valence-electron chi connectivity index (χ3n) is 1.48. The Morgan fingerprint density at radius 3 is 2.07 bits per heavy atom. The summed E-state index contributed by atoms with van der Waals surface area (Å²) in [5.41, 5.74) is 4.77. The Bertz CT molecular complexity index is 300. The van der Waals surface area contributed by atoms with Crippen molar-refractivity contribution in [3.63, 3.8) is 0 Å². The molecule has 84 valence electrons. The molecule has 0 saturated carbocycles. The highest BCUT2D eigenvalue weighted by molar-refractivity contribution is 6.31. The van der Waals surface area contributed by atoms with Gasteiger partial charge in [0.05, 0.1) is 0 Å². The second-order valence-electron chi connectivity index (χ2n) is 2.67. The topological polar surface area (TPSA) is 147 Å². The second kappa shape index (κ2) is 5.58. The van der Waals surface area contributed by atoms with E-state index < -0.39 is 29.8 Å². The number of rotatable bonds is 5. The third-order valence-corrected chi connectivity index (χ3v) is 1.48. The van der Waals surface area contributed by atoms with Gasteiger partial charge in [0.25, 0.3) is 0 Å². The summed E-state index contributed by atoms with van der Waals surface area (Å²) in [6, 6.07) is -1.43. The minimum absolute atomic E-state index is 0.246. The average molecular weight is 218 g/mol. The van der Waals surface area contributed by atoms with E-state index >= 15 is 0 Å². The summed E-state index contributed by atoms with van der Waals surface area (Å²) in [5, 5.41) is 18.5. The molecule has 0 fully saturated rings. The van der Waals surface area contributed by atoms with Crippen LogP contribution in [0.15, 0.2) is 0 Å². The number of hydrogen-bond acceptors (Lipinski definition) is 4. The van der Waals surface area contributed by atoms with Gasteiger partial charge < -0.3 is 21.3 Å². The molecule has 0 aromatic heterocycles. The van der Waals surface area contributed by atoms with Crippen molar-refractivity contribution in [2.75, 3.05) is 0 Å². The largest absolute Gasteiger partial charge is 0.480 e. The molecule has 1 atom stereocenters. The summed E-state index contributed by atoms with van der Waals surface area (Å²) in [6.07, 6.45) is -0.499. The number of nitrogens with two attached hydrogens (primary N) is 1. The SMILES string of the molecule is NC(=O)CC[C@H](NC(=O)C(=O)O)C(=O)O. The van der Waals surface area contributed by atoms with Crippen molar-refractivity contribution in [2.45, 2.75) is 18.9 Å². The molecule has 0 aliphatic heterocycles. The molecule has 0 aliphatic rings. The molecule has 8 nitrogen and oxygen atoms in total. The lowest BCUT2D eigenvalue weighted by molar-refractivity contribution is -0.152. The lowest BCUT2D eigenvalue weighted by atomic mass is 10.1. The van der Waals surface area contributed by atoms with E-state index in [2.05, 4.69) is 0 Å². The summed E-state index contributed by atoms with van der Waals surface area (Å²) in [7, 11) is 0. The van der Waals surface area contributed by atoms with Crippen molar-refractivity contribution in [3.05, 3.63) is 0 Å². The number of carboxylic acids is 2. The number of amides is 2. The first-order valence-corrected chi connectivity index (χ1v) is 3.89. The van der Waals surface area contributed by atoms with Crippen molar-refractivity contribution >= 4 is 23.8 Å². The van der Waals surface area contributed by atoms with E-state index in [1.807, 2.05) is 0 Å². The Balaban J connectivity index is 4.28. The maximum absolute atomic E-state index is 10.6. The predicted molar refractivity (Wildman–Crippen MR) is 45.6 cm³/mol. The molecule has 0 bridgehead atoms. The highest BCUT2D eigenvalue weighted by Crippen LogP contribution is 1.97. The maximum atomic E-state index is 10.6. The van der Waals surface area contributed by atoms with Crippen molar-refractivity contribution in [2.24, 2.45) is 5.73 Å². The van der Waals surface area contributed by atoms with Gasteiger partial charge in [0.15, 0.2) is 0 Å². The first-order chi connectivity index (χ1) is 6.84. The van der Waals surface area contributed by atoms with Gasteiger partial charge >= 0.3 is 17.8 Å². The van der Waals surface area contributed by atoms with Gasteiger partial charge in [0, 0.05) is 6.42 Å². The summed E-state index contributed by atoms with van der Waals surface area (Å²) in [5.74, 6) is -5.39. The lowest BCUT2D eigenvalue weighted by Crippen LogP contribution is -2.44. The van der Waals surface area contributed by atoms with Crippen LogP contribution in [0.5, 0.6) is 0 Å². The van der Waals surface area contributed by atoms with Crippen LogP contribution in [0.2, 0.25) is 0 Å². The first kappa shape index (κ1) is 12.9. The van der Waals surface area contributed by atoms with E-state index in [4.69, 9.17) is 15.9 Å². The van der Waals surface area contributed by atoms with Crippen LogP contribution in [0.4, 0.5) is 0 Å². The van der Waals surface area contributed by atoms with Crippen LogP contribution in [-0.2, 0) is 19.2 Å². The predicted octanol–water partition coefficient (Wildman–Crippen LogP) is -2.09. The quantitative estimate of drug-likeness (QED) is 0.389. The molecular weight excluding hydrogens is 208 g/mol. The van der Waals surface area contributed by atoms with Crippen LogP contribution in [0.3, 0.4) is 0 Å². The molecule has 0 aliphatic carbocycles. The monoisotopic (exact) mass is 218 g/mol. The van der Waals surface area contributed by atoms with Gasteiger partial charge in [-0.3, -0.25) is 9.59 Å². The maximum Gasteiger partial charge on any atom is 0.394 e. The lowest BCUT2D eigenvalue weighted by Gasteiger charge is -2.11. The number of hydrogen-bond donors (Lipinski definition) is 4. The molecule has 0 spiro atoms. The Morgan fingerprint density at radius 1 is 1.20 bits per heavy atom. The van der Waals surface area contributed by atoms with E-state index in [0.29, 0.717) is 0 Å². The molecule has 0 rings (SSSR count). The van der Waals surface area contributed by atoms with Crippen LogP contribution >= 0.6 is 0 Å². The van der Waals surface area contributed by atoms with Gasteiger partial charge in [-0.1, -0.05) is 0 Å². The molecule has 5 N–H and O–H groups in total. The number of carbonyl (C=O) groups is 4. The van der Waals surface area contributed by atoms with Gasteiger partial charge in [-0.2, -0.15) is 0 Å². The summed E-state index contributed by atoms with van der Waals surface area (Å²) >= 11 is 0. The van der Waals surface area contributed by atoms with E-state index in [1.54, 1.807) is 5.32 Å². The second-order valence-corrected chi connectivity index (χ2v) is 2.67. The van der Waals surface area contributed by atoms with Gasteiger partial charge in [-0.25, -0.2) is 9.59 Å². The number of carbonyl (C=O) groups excluding carboxylic acids is 2. The molecule has 0 aromatic rings. The number of primary amides is 1. The van der Waals surface area contributed by atoms with E-state index in [0.717, 1.165) is 0 Å². The molecule has 0 radical (unpaired) electrons. The smallest absolute Gasteiger partial charge is 0.394 e. The van der Waals surface area contributed by atoms with Crippen molar-refractivity contribution in [1.29, 1.82) is 0 Å². The molecule has 8 heteroatoms. The molecule has 15 heavy (non-hydrogen) atoms. The summed E-state index contributed by atoms with van der Waals surface area (Å²) < 4.78 is 0. The van der Waals surface area contributed by atoms with E-state index in [1.165, 1.54) is 0 Å². The Morgan fingerprint density at radius 2 is 1.73 bits per heavy atom. The van der Waals surface area contributed by atoms with Crippen LogP contribution in [-0.4, -0.2) is 40.0 Å². The molecule has 0 aromatic carbocycles. The zero-order chi connectivity index (χ0) is 12.0. The van der Waals surface area contributed by atoms with Crippen LogP contribution in [0.1, 0.15) is 12.8 Å². The van der Waals surface area contributed by atoms with Crippen LogP contribution in [0.25, 0.3) is 0 Å². The average Bonchev–Trinajstić information content (AvgIpc) is 2.10. The summed E-state index contributed by atoms with van der Waals surface area (Å²) in [4.78, 5) is 41.6. The highest BCUT2D eigenvalue weighted by atomic mass is 16.4. The minimum Gasteiger partial charge on any atom is -0.480 e. The van der Waals surface area contributed by atoms with Crippen LogP contribution < -0.4 is 11.1 Å². The fraction of sp³-hybridized carbons (Fsp3) is 0.429. The first-order valence-electron chi connectivity index (χ1n) is 3.89. The minimum atomic E-state index is -1.79. The molecule has 0 saturated heterocycles. The van der Waals surface area contributed by atoms with Crippen molar-refractivity contribution in [1.82, 2.24) is 5.32 Å². The van der Waals surface area contributed by atoms with Gasteiger partial charge in [-0.15, -0.1) is 0 Å². The fourth-order valence-electron chi connectivity index (χ4n) is 0.764.